The molecule has 1 aliphatic heterocycles. The van der Waals surface area contributed by atoms with Crippen LogP contribution in [0.4, 0.5) is 0 Å². The van der Waals surface area contributed by atoms with E-state index in [1.807, 2.05) is 86.6 Å². The molecule has 0 aromatic heterocycles. The molecule has 0 radical (unpaired) electrons. The van der Waals surface area contributed by atoms with Crippen LogP contribution in [0.3, 0.4) is 0 Å². The number of methoxy groups -OCH3 is 2. The fraction of sp³-hybridized carbons (Fsp3) is 0.343. The Hall–Kier alpha value is -4.39. The molecule has 3 aromatic carbocycles. The first-order valence-electron chi connectivity index (χ1n) is 14.4. The minimum absolute atomic E-state index is 0.0246. The number of hydrogen-bond donors (Lipinski definition) is 0. The number of esters is 1. The zero-order valence-electron chi connectivity index (χ0n) is 24.6. The molecule has 7 heteroatoms. The fourth-order valence-electron chi connectivity index (χ4n) is 5.94. The number of nitrogens with zero attached hydrogens (tertiary/aromatic N) is 1. The van der Waals surface area contributed by atoms with Gasteiger partial charge in [0.15, 0.2) is 17.3 Å². The zero-order valence-corrected chi connectivity index (χ0v) is 24.6. The van der Waals surface area contributed by atoms with Crippen LogP contribution in [0.2, 0.25) is 0 Å². The van der Waals surface area contributed by atoms with Crippen LogP contribution in [0.25, 0.3) is 0 Å². The SMILES string of the molecule is CCCOC(=O)C1C(C)=NC2=C(C(=O)C[C@H](c3ccc(OC)c(OC)c3)C2)[C@H]1c1ccccc1OCc1ccccc1. The van der Waals surface area contributed by atoms with Crippen molar-refractivity contribution in [2.24, 2.45) is 10.9 Å². The fourth-order valence-corrected chi connectivity index (χ4v) is 5.94. The maximum atomic E-state index is 14.1. The summed E-state index contributed by atoms with van der Waals surface area (Å²) in [6, 6.07) is 23.3. The predicted octanol–water partition coefficient (Wildman–Crippen LogP) is 6.81. The molecule has 1 aliphatic carbocycles. The van der Waals surface area contributed by atoms with Gasteiger partial charge in [0.1, 0.15) is 18.3 Å². The van der Waals surface area contributed by atoms with E-state index in [0.717, 1.165) is 16.7 Å². The number of aliphatic imine (C=N–C) groups is 1. The van der Waals surface area contributed by atoms with Crippen molar-refractivity contribution in [2.75, 3.05) is 20.8 Å². The third-order valence-electron chi connectivity index (χ3n) is 7.96. The Labute approximate surface area is 247 Å². The van der Waals surface area contributed by atoms with Crippen LogP contribution in [0, 0.1) is 5.92 Å². The molecule has 42 heavy (non-hydrogen) atoms. The van der Waals surface area contributed by atoms with Crippen molar-refractivity contribution in [2.45, 2.75) is 51.6 Å². The van der Waals surface area contributed by atoms with Crippen molar-refractivity contribution in [3.63, 3.8) is 0 Å². The molecule has 0 amide bonds. The standard InChI is InChI=1S/C35H37NO6/c1-5-17-41-35(38)32-22(2)36-27-18-25(24-15-16-30(39-3)31(20-24)40-4)19-28(37)34(27)33(32)26-13-9-10-14-29(26)42-21-23-11-7-6-8-12-23/h6-16,20,25,32-33H,5,17-19,21H2,1-4H3/t25-,32?,33+/m1/s1. The first-order valence-corrected chi connectivity index (χ1v) is 14.4. The van der Waals surface area contributed by atoms with Crippen molar-refractivity contribution >= 4 is 17.5 Å². The number of Topliss-reactive ketones (excluding diaryl/α,β-unsaturated/α-hetero) is 1. The van der Waals surface area contributed by atoms with Crippen LogP contribution < -0.4 is 14.2 Å². The molecule has 0 fully saturated rings. The Morgan fingerprint density at radius 2 is 1.64 bits per heavy atom. The maximum Gasteiger partial charge on any atom is 0.315 e. The van der Waals surface area contributed by atoms with Crippen molar-refractivity contribution in [1.82, 2.24) is 0 Å². The Morgan fingerprint density at radius 3 is 2.38 bits per heavy atom. The van der Waals surface area contributed by atoms with Crippen molar-refractivity contribution in [1.29, 1.82) is 0 Å². The second kappa shape index (κ2) is 13.1. The largest absolute Gasteiger partial charge is 0.493 e. The van der Waals surface area contributed by atoms with Gasteiger partial charge in [-0.2, -0.15) is 0 Å². The van der Waals surface area contributed by atoms with Gasteiger partial charge in [-0.1, -0.05) is 61.5 Å². The lowest BCUT2D eigenvalue weighted by atomic mass is 9.69. The lowest BCUT2D eigenvalue weighted by molar-refractivity contribution is -0.146. The van der Waals surface area contributed by atoms with E-state index in [1.165, 1.54) is 0 Å². The second-order valence-electron chi connectivity index (χ2n) is 10.7. The molecule has 0 saturated heterocycles. The topological polar surface area (TPSA) is 83.4 Å². The normalized spacial score (nSPS) is 20.0. The number of para-hydroxylation sites is 1. The monoisotopic (exact) mass is 567 g/mol. The van der Waals surface area contributed by atoms with E-state index >= 15 is 0 Å². The molecule has 3 atom stereocenters. The molecule has 0 saturated carbocycles. The van der Waals surface area contributed by atoms with Gasteiger partial charge < -0.3 is 18.9 Å². The molecule has 2 aliphatic rings. The van der Waals surface area contributed by atoms with Crippen LogP contribution in [-0.4, -0.2) is 38.3 Å². The van der Waals surface area contributed by atoms with Crippen LogP contribution in [0.1, 0.15) is 61.6 Å². The molecule has 0 bridgehead atoms. The van der Waals surface area contributed by atoms with E-state index in [2.05, 4.69) is 0 Å². The van der Waals surface area contributed by atoms with Crippen LogP contribution >= 0.6 is 0 Å². The minimum atomic E-state index is -0.724. The summed E-state index contributed by atoms with van der Waals surface area (Å²) in [4.78, 5) is 32.5. The molecule has 0 N–H and O–H groups in total. The maximum absolute atomic E-state index is 14.1. The molecule has 0 spiro atoms. The van der Waals surface area contributed by atoms with Crippen molar-refractivity contribution in [3.05, 3.63) is 101 Å². The first-order chi connectivity index (χ1) is 20.4. The molecular weight excluding hydrogens is 530 g/mol. The number of carbonyl (C=O) groups excluding carboxylic acids is 2. The van der Waals surface area contributed by atoms with Gasteiger partial charge in [-0.25, -0.2) is 0 Å². The number of ketones is 1. The van der Waals surface area contributed by atoms with Gasteiger partial charge >= 0.3 is 5.97 Å². The predicted molar refractivity (Wildman–Crippen MR) is 161 cm³/mol. The number of allylic oxidation sites excluding steroid dienone is 2. The highest BCUT2D eigenvalue weighted by Crippen LogP contribution is 2.49. The van der Waals surface area contributed by atoms with Gasteiger partial charge in [0.25, 0.3) is 0 Å². The quantitative estimate of drug-likeness (QED) is 0.250. The van der Waals surface area contributed by atoms with Gasteiger partial charge in [0, 0.05) is 34.9 Å². The Bertz CT molecular complexity index is 1510. The number of ether oxygens (including phenoxy) is 4. The van der Waals surface area contributed by atoms with Crippen molar-refractivity contribution < 1.29 is 28.5 Å². The van der Waals surface area contributed by atoms with Gasteiger partial charge in [-0.05, 0) is 55.0 Å². The van der Waals surface area contributed by atoms with E-state index in [1.54, 1.807) is 14.2 Å². The molecule has 218 valence electrons. The second-order valence-corrected chi connectivity index (χ2v) is 10.7. The summed E-state index contributed by atoms with van der Waals surface area (Å²) in [7, 11) is 3.20. The van der Waals surface area contributed by atoms with Gasteiger partial charge in [-0.15, -0.1) is 0 Å². The lowest BCUT2D eigenvalue weighted by Crippen LogP contribution is -2.38. The molecule has 1 heterocycles. The third-order valence-corrected chi connectivity index (χ3v) is 7.96. The Balaban J connectivity index is 1.55. The van der Waals surface area contributed by atoms with Crippen LogP contribution in [0.5, 0.6) is 17.2 Å². The summed E-state index contributed by atoms with van der Waals surface area (Å²) in [6.45, 7) is 4.48. The summed E-state index contributed by atoms with van der Waals surface area (Å²) in [6.07, 6.45) is 1.56. The molecule has 7 nitrogen and oxygen atoms in total. The summed E-state index contributed by atoms with van der Waals surface area (Å²) in [5.41, 5.74) is 4.72. The summed E-state index contributed by atoms with van der Waals surface area (Å²) in [5, 5.41) is 0. The highest BCUT2D eigenvalue weighted by atomic mass is 16.5. The van der Waals surface area contributed by atoms with E-state index in [4.69, 9.17) is 23.9 Å². The number of benzene rings is 3. The number of carbonyl (C=O) groups is 2. The average Bonchev–Trinajstić information content (AvgIpc) is 3.02. The summed E-state index contributed by atoms with van der Waals surface area (Å²) >= 11 is 0. The highest BCUT2D eigenvalue weighted by Gasteiger charge is 2.45. The van der Waals surface area contributed by atoms with Gasteiger partial charge in [-0.3, -0.25) is 14.6 Å². The van der Waals surface area contributed by atoms with Crippen molar-refractivity contribution in [3.8, 4) is 17.2 Å². The smallest absolute Gasteiger partial charge is 0.315 e. The number of rotatable bonds is 10. The van der Waals surface area contributed by atoms with E-state index < -0.39 is 11.8 Å². The summed E-state index contributed by atoms with van der Waals surface area (Å²) < 4.78 is 22.9. The first kappa shape index (κ1) is 29.1. The third kappa shape index (κ3) is 5.96. The van der Waals surface area contributed by atoms with E-state index in [-0.39, 0.29) is 17.7 Å². The van der Waals surface area contributed by atoms with Gasteiger partial charge in [0.2, 0.25) is 0 Å². The Kier molecular flexibility index (Phi) is 9.06. The van der Waals surface area contributed by atoms with Crippen LogP contribution in [0.15, 0.2) is 89.1 Å². The minimum Gasteiger partial charge on any atom is -0.493 e. The van der Waals surface area contributed by atoms with Gasteiger partial charge in [0.05, 0.1) is 20.8 Å². The van der Waals surface area contributed by atoms with Crippen LogP contribution in [-0.2, 0) is 20.9 Å². The van der Waals surface area contributed by atoms with E-state index in [0.29, 0.717) is 66.7 Å². The lowest BCUT2D eigenvalue weighted by Gasteiger charge is -2.37. The Morgan fingerprint density at radius 1 is 0.905 bits per heavy atom. The number of hydrogen-bond acceptors (Lipinski definition) is 7. The average molecular weight is 568 g/mol. The molecule has 3 aromatic rings. The van der Waals surface area contributed by atoms with E-state index in [9.17, 15) is 9.59 Å². The molecule has 5 rings (SSSR count). The summed E-state index contributed by atoms with van der Waals surface area (Å²) in [5.74, 6) is 0.122. The zero-order chi connectivity index (χ0) is 29.6. The molecule has 1 unspecified atom stereocenters. The molecular formula is C35H37NO6. The highest BCUT2D eigenvalue weighted by molar-refractivity contribution is 6.09.